The normalized spacial score (nSPS) is 14.2. The molecule has 0 aromatic heterocycles. The number of carbonyl (C=O) groups excluding carboxylic acids is 1. The third kappa shape index (κ3) is 3.03. The van der Waals surface area contributed by atoms with Crippen molar-refractivity contribution in [2.45, 2.75) is 26.4 Å². The van der Waals surface area contributed by atoms with Crippen molar-refractivity contribution in [1.29, 1.82) is 0 Å². The first kappa shape index (κ1) is 13.6. The molecule has 1 rings (SSSR count). The topological polar surface area (TPSA) is 46.5 Å². The van der Waals surface area contributed by atoms with Crippen LogP contribution in [0.1, 0.15) is 30.6 Å². The Morgan fingerprint density at radius 1 is 1.53 bits per heavy atom. The largest absolute Gasteiger partial charge is 0.469 e. The minimum atomic E-state index is -1.04. The first-order chi connectivity index (χ1) is 8.01. The molecular formula is C13H17FO3. The Hall–Kier alpha value is -1.42. The Bertz CT molecular complexity index is 404. The van der Waals surface area contributed by atoms with Crippen LogP contribution < -0.4 is 0 Å². The van der Waals surface area contributed by atoms with E-state index in [1.54, 1.807) is 19.9 Å². The number of hydrogen-bond acceptors (Lipinski definition) is 3. The van der Waals surface area contributed by atoms with Gasteiger partial charge in [0.15, 0.2) is 0 Å². The lowest BCUT2D eigenvalue weighted by atomic mass is 9.91. The number of benzene rings is 1. The van der Waals surface area contributed by atoms with Crippen LogP contribution in [0.15, 0.2) is 18.2 Å². The molecule has 94 valence electrons. The van der Waals surface area contributed by atoms with Gasteiger partial charge in [-0.2, -0.15) is 0 Å². The van der Waals surface area contributed by atoms with Gasteiger partial charge >= 0.3 is 5.97 Å². The van der Waals surface area contributed by atoms with Crippen molar-refractivity contribution in [1.82, 2.24) is 0 Å². The van der Waals surface area contributed by atoms with Crippen molar-refractivity contribution in [3.63, 3.8) is 0 Å². The highest BCUT2D eigenvalue weighted by molar-refractivity contribution is 5.73. The highest BCUT2D eigenvalue weighted by atomic mass is 19.1. The van der Waals surface area contributed by atoms with E-state index in [1.165, 1.54) is 19.2 Å². The van der Waals surface area contributed by atoms with Crippen LogP contribution in [0.5, 0.6) is 0 Å². The van der Waals surface area contributed by atoms with Crippen molar-refractivity contribution in [2.24, 2.45) is 5.92 Å². The second-order valence-corrected chi connectivity index (χ2v) is 3.98. The van der Waals surface area contributed by atoms with Gasteiger partial charge in [0.25, 0.3) is 0 Å². The van der Waals surface area contributed by atoms with E-state index >= 15 is 0 Å². The third-order valence-corrected chi connectivity index (χ3v) is 2.88. The van der Waals surface area contributed by atoms with Crippen LogP contribution in [0, 0.1) is 18.7 Å². The van der Waals surface area contributed by atoms with E-state index in [1.807, 2.05) is 0 Å². The highest BCUT2D eigenvalue weighted by Gasteiger charge is 2.28. The average Bonchev–Trinajstić information content (AvgIpc) is 2.32. The molecule has 1 N–H and O–H groups in total. The van der Waals surface area contributed by atoms with Gasteiger partial charge in [0.1, 0.15) is 5.82 Å². The maximum Gasteiger partial charge on any atom is 0.311 e. The minimum absolute atomic E-state index is 0.427. The lowest BCUT2D eigenvalue weighted by Gasteiger charge is -2.21. The number of rotatable bonds is 4. The molecule has 1 aromatic rings. The second kappa shape index (κ2) is 5.77. The number of esters is 1. The molecule has 0 bridgehead atoms. The smallest absolute Gasteiger partial charge is 0.311 e. The van der Waals surface area contributed by atoms with Crippen LogP contribution in [-0.2, 0) is 9.53 Å². The lowest BCUT2D eigenvalue weighted by molar-refractivity contribution is -0.149. The van der Waals surface area contributed by atoms with Gasteiger partial charge in [-0.15, -0.1) is 0 Å². The first-order valence-corrected chi connectivity index (χ1v) is 5.53. The zero-order valence-electron chi connectivity index (χ0n) is 10.2. The number of hydrogen-bond donors (Lipinski definition) is 1. The summed E-state index contributed by atoms with van der Waals surface area (Å²) in [5.41, 5.74) is 1.18. The summed E-state index contributed by atoms with van der Waals surface area (Å²) in [4.78, 5) is 11.5. The summed E-state index contributed by atoms with van der Waals surface area (Å²) >= 11 is 0. The molecule has 0 aliphatic carbocycles. The van der Waals surface area contributed by atoms with Crippen LogP contribution in [0.25, 0.3) is 0 Å². The molecule has 0 aliphatic rings. The minimum Gasteiger partial charge on any atom is -0.469 e. The molecular weight excluding hydrogens is 223 g/mol. The summed E-state index contributed by atoms with van der Waals surface area (Å²) in [6.07, 6.45) is -0.604. The fourth-order valence-electron chi connectivity index (χ4n) is 1.82. The predicted molar refractivity (Wildman–Crippen MR) is 61.9 cm³/mol. The van der Waals surface area contributed by atoms with Crippen LogP contribution in [0.3, 0.4) is 0 Å². The summed E-state index contributed by atoms with van der Waals surface area (Å²) in [6.45, 7) is 3.54. The molecule has 0 fully saturated rings. The molecule has 0 aliphatic heterocycles. The van der Waals surface area contributed by atoms with Gasteiger partial charge in [0.2, 0.25) is 0 Å². The van der Waals surface area contributed by atoms with Gasteiger partial charge in [-0.05, 0) is 36.6 Å². The van der Waals surface area contributed by atoms with Crippen LogP contribution >= 0.6 is 0 Å². The SMILES string of the molecule is CCC(C(=O)OC)C(O)c1cc(F)ccc1C. The van der Waals surface area contributed by atoms with E-state index in [4.69, 9.17) is 0 Å². The zero-order valence-corrected chi connectivity index (χ0v) is 10.2. The average molecular weight is 240 g/mol. The standard InChI is InChI=1S/C13H17FO3/c1-4-10(13(16)17-3)12(15)11-7-9(14)6-5-8(11)2/h5-7,10,12,15H,4H2,1-3H3. The summed E-state index contributed by atoms with van der Waals surface area (Å²) in [5, 5.41) is 10.1. The Morgan fingerprint density at radius 2 is 2.18 bits per heavy atom. The molecule has 17 heavy (non-hydrogen) atoms. The van der Waals surface area contributed by atoms with Crippen molar-refractivity contribution < 1.29 is 19.0 Å². The summed E-state index contributed by atoms with van der Waals surface area (Å²) in [6, 6.07) is 4.16. The van der Waals surface area contributed by atoms with E-state index in [0.29, 0.717) is 12.0 Å². The fraction of sp³-hybridized carbons (Fsp3) is 0.462. The van der Waals surface area contributed by atoms with Crippen LogP contribution in [-0.4, -0.2) is 18.2 Å². The van der Waals surface area contributed by atoms with Crippen molar-refractivity contribution in [3.05, 3.63) is 35.1 Å². The van der Waals surface area contributed by atoms with E-state index in [0.717, 1.165) is 5.56 Å². The second-order valence-electron chi connectivity index (χ2n) is 3.98. The summed E-state index contributed by atoms with van der Waals surface area (Å²) < 4.78 is 17.8. The number of aryl methyl sites for hydroxylation is 1. The van der Waals surface area contributed by atoms with Gasteiger partial charge < -0.3 is 9.84 Å². The molecule has 1 aromatic carbocycles. The van der Waals surface area contributed by atoms with Crippen LogP contribution in [0.4, 0.5) is 4.39 Å². The van der Waals surface area contributed by atoms with Gasteiger partial charge in [-0.3, -0.25) is 4.79 Å². The maximum atomic E-state index is 13.1. The molecule has 4 heteroatoms. The van der Waals surface area contributed by atoms with Crippen molar-refractivity contribution >= 4 is 5.97 Å². The van der Waals surface area contributed by atoms with Crippen LogP contribution in [0.2, 0.25) is 0 Å². The molecule has 0 heterocycles. The molecule has 2 atom stereocenters. The molecule has 0 saturated carbocycles. The number of aliphatic hydroxyl groups excluding tert-OH is 1. The number of carbonyl (C=O) groups is 1. The number of methoxy groups -OCH3 is 1. The Balaban J connectivity index is 3.05. The van der Waals surface area contributed by atoms with E-state index in [-0.39, 0.29) is 0 Å². The first-order valence-electron chi connectivity index (χ1n) is 5.53. The van der Waals surface area contributed by atoms with Crippen molar-refractivity contribution in [2.75, 3.05) is 7.11 Å². The number of ether oxygens (including phenoxy) is 1. The predicted octanol–water partition coefficient (Wildman–Crippen LogP) is 2.37. The van der Waals surface area contributed by atoms with Gasteiger partial charge in [-0.1, -0.05) is 13.0 Å². The van der Waals surface area contributed by atoms with E-state index < -0.39 is 23.8 Å². The monoisotopic (exact) mass is 240 g/mol. The van der Waals surface area contributed by atoms with E-state index in [9.17, 15) is 14.3 Å². The lowest BCUT2D eigenvalue weighted by Crippen LogP contribution is -2.23. The number of aliphatic hydroxyl groups is 1. The molecule has 0 amide bonds. The maximum absolute atomic E-state index is 13.1. The Morgan fingerprint density at radius 3 is 2.71 bits per heavy atom. The molecule has 0 saturated heterocycles. The van der Waals surface area contributed by atoms with Gasteiger partial charge in [0.05, 0.1) is 19.1 Å². The Kier molecular flexibility index (Phi) is 4.63. The zero-order chi connectivity index (χ0) is 13.0. The van der Waals surface area contributed by atoms with E-state index in [2.05, 4.69) is 4.74 Å². The fourth-order valence-corrected chi connectivity index (χ4v) is 1.82. The Labute approximate surface area is 100 Å². The van der Waals surface area contributed by atoms with Gasteiger partial charge in [-0.25, -0.2) is 4.39 Å². The third-order valence-electron chi connectivity index (χ3n) is 2.88. The van der Waals surface area contributed by atoms with Crippen molar-refractivity contribution in [3.8, 4) is 0 Å². The highest BCUT2D eigenvalue weighted by Crippen LogP contribution is 2.28. The quantitative estimate of drug-likeness (QED) is 0.822. The number of halogens is 1. The molecule has 0 radical (unpaired) electrons. The van der Waals surface area contributed by atoms with Gasteiger partial charge in [0, 0.05) is 0 Å². The molecule has 0 spiro atoms. The summed E-state index contributed by atoms with van der Waals surface area (Å²) in [5.74, 6) is -1.58. The molecule has 3 nitrogen and oxygen atoms in total. The summed E-state index contributed by atoms with van der Waals surface area (Å²) in [7, 11) is 1.27. The molecule has 2 unspecified atom stereocenters.